The maximum Gasteiger partial charge on any atom is 0.404 e. The van der Waals surface area contributed by atoms with E-state index in [4.69, 9.17) is 0 Å². The van der Waals surface area contributed by atoms with Gasteiger partial charge in [-0.05, 0) is 26.8 Å². The molecule has 2 heterocycles. The molecule has 0 unspecified atom stereocenters. The summed E-state index contributed by atoms with van der Waals surface area (Å²) >= 11 is 0. The summed E-state index contributed by atoms with van der Waals surface area (Å²) in [4.78, 5) is 13.1. The van der Waals surface area contributed by atoms with Gasteiger partial charge in [-0.25, -0.2) is 0 Å². The molecule has 0 saturated carbocycles. The molecule has 1 aliphatic rings. The van der Waals surface area contributed by atoms with Gasteiger partial charge < -0.3 is 5.32 Å². The number of rotatable bonds is 2. The monoisotopic (exact) mass is 291 g/mol. The fourth-order valence-electron chi connectivity index (χ4n) is 2.43. The summed E-state index contributed by atoms with van der Waals surface area (Å²) in [5, 5.41) is 12.5. The first-order valence-corrected chi connectivity index (χ1v) is 6.24. The van der Waals surface area contributed by atoms with Gasteiger partial charge in [0.1, 0.15) is 6.04 Å². The number of aryl methyl sites for hydroxylation is 1. The molecule has 0 aliphatic carbocycles. The Morgan fingerprint density at radius 2 is 2.10 bits per heavy atom. The van der Waals surface area contributed by atoms with Crippen molar-refractivity contribution in [3.63, 3.8) is 0 Å². The van der Waals surface area contributed by atoms with Gasteiger partial charge in [0.2, 0.25) is 0 Å². The van der Waals surface area contributed by atoms with Crippen LogP contribution in [0.2, 0.25) is 0 Å². The van der Waals surface area contributed by atoms with E-state index in [0.29, 0.717) is 5.69 Å². The van der Waals surface area contributed by atoms with E-state index < -0.39 is 18.1 Å². The number of hydrogen-bond acceptors (Lipinski definition) is 4. The highest BCUT2D eigenvalue weighted by Gasteiger charge is 2.44. The molecule has 0 radical (unpaired) electrons. The van der Waals surface area contributed by atoms with E-state index >= 15 is 0 Å². The maximum absolute atomic E-state index is 12.7. The Bertz CT molecular complexity index is 487. The first-order chi connectivity index (χ1) is 9.29. The molecule has 0 spiro atoms. The highest BCUT2D eigenvalue weighted by molar-refractivity contribution is 5.93. The molecule has 1 saturated heterocycles. The van der Waals surface area contributed by atoms with E-state index in [2.05, 4.69) is 20.7 Å². The van der Waals surface area contributed by atoms with Crippen molar-refractivity contribution in [2.75, 3.05) is 13.6 Å². The lowest BCUT2D eigenvalue weighted by molar-refractivity contribution is -0.188. The second kappa shape index (κ2) is 5.39. The van der Waals surface area contributed by atoms with Crippen LogP contribution in [-0.4, -0.2) is 58.1 Å². The van der Waals surface area contributed by atoms with Gasteiger partial charge in [-0.1, -0.05) is 0 Å². The molecule has 1 aromatic heterocycles. The van der Waals surface area contributed by atoms with Crippen LogP contribution in [0.4, 0.5) is 13.2 Å². The summed E-state index contributed by atoms with van der Waals surface area (Å²) in [6.45, 7) is 1.79. The zero-order valence-corrected chi connectivity index (χ0v) is 11.2. The molecular weight excluding hydrogens is 275 g/mol. The first-order valence-electron chi connectivity index (χ1n) is 6.24. The molecular formula is C11H16F3N5O. The van der Waals surface area contributed by atoms with Crippen LogP contribution >= 0.6 is 0 Å². The van der Waals surface area contributed by atoms with Gasteiger partial charge in [-0.3, -0.25) is 9.69 Å². The molecule has 9 heteroatoms. The van der Waals surface area contributed by atoms with Crippen LogP contribution in [0.15, 0.2) is 0 Å². The number of H-pyrrole nitrogens is 1. The number of carbonyl (C=O) groups is 1. The number of halogens is 3. The van der Waals surface area contributed by atoms with Crippen LogP contribution in [0.25, 0.3) is 0 Å². The number of carbonyl (C=O) groups excluding carboxylic acids is 1. The summed E-state index contributed by atoms with van der Waals surface area (Å²) in [5.41, 5.74) is 0.630. The van der Waals surface area contributed by atoms with Gasteiger partial charge >= 0.3 is 6.18 Å². The van der Waals surface area contributed by atoms with Crippen LogP contribution in [0.3, 0.4) is 0 Å². The Morgan fingerprint density at radius 1 is 1.40 bits per heavy atom. The van der Waals surface area contributed by atoms with Crippen LogP contribution in [0.1, 0.15) is 29.0 Å². The summed E-state index contributed by atoms with van der Waals surface area (Å²) in [6.07, 6.45) is -3.97. The number of likely N-dealkylation sites (N-methyl/N-ethyl adjacent to an activating group) is 1. The van der Waals surface area contributed by atoms with E-state index in [1.54, 1.807) is 6.92 Å². The van der Waals surface area contributed by atoms with Crippen molar-refractivity contribution in [3.8, 4) is 0 Å². The Balaban J connectivity index is 1.94. The van der Waals surface area contributed by atoms with Crippen molar-refractivity contribution in [2.45, 2.75) is 38.0 Å². The Hall–Kier alpha value is -1.64. The van der Waals surface area contributed by atoms with E-state index in [-0.39, 0.29) is 31.1 Å². The number of alkyl halides is 3. The SMILES string of the molecule is Cc1n[nH]nc1C(=O)N[C@@H]1CC[C@@H](C(F)(F)F)N(C)C1. The predicted octanol–water partition coefficient (Wildman–Crippen LogP) is 0.868. The number of amides is 1. The fourth-order valence-corrected chi connectivity index (χ4v) is 2.43. The standard InChI is InChI=1S/C11H16F3N5O/c1-6-9(17-18-16-6)10(20)15-7-3-4-8(11(12,13)14)19(2)5-7/h7-8H,3-5H2,1-2H3,(H,15,20)(H,16,17,18)/t7-,8+/m1/s1. The zero-order valence-electron chi connectivity index (χ0n) is 11.2. The smallest absolute Gasteiger partial charge is 0.347 e. The van der Waals surface area contributed by atoms with Crippen molar-refractivity contribution in [2.24, 2.45) is 0 Å². The molecule has 112 valence electrons. The van der Waals surface area contributed by atoms with Crippen molar-refractivity contribution < 1.29 is 18.0 Å². The summed E-state index contributed by atoms with van der Waals surface area (Å²) in [7, 11) is 1.41. The van der Waals surface area contributed by atoms with Gasteiger partial charge in [-0.2, -0.15) is 28.6 Å². The molecule has 1 aliphatic heterocycles. The van der Waals surface area contributed by atoms with E-state index in [1.807, 2.05) is 0 Å². The number of aromatic amines is 1. The first kappa shape index (κ1) is 14.8. The Morgan fingerprint density at radius 3 is 2.60 bits per heavy atom. The second-order valence-electron chi connectivity index (χ2n) is 5.00. The topological polar surface area (TPSA) is 73.9 Å². The minimum absolute atomic E-state index is 0.0251. The quantitative estimate of drug-likeness (QED) is 0.848. The van der Waals surface area contributed by atoms with Crippen molar-refractivity contribution in [3.05, 3.63) is 11.4 Å². The Kier molecular flexibility index (Phi) is 3.98. The van der Waals surface area contributed by atoms with Crippen molar-refractivity contribution in [1.29, 1.82) is 0 Å². The van der Waals surface area contributed by atoms with Gasteiger partial charge in [0, 0.05) is 12.6 Å². The highest BCUT2D eigenvalue weighted by Crippen LogP contribution is 2.30. The predicted molar refractivity (Wildman–Crippen MR) is 64.1 cm³/mol. The molecule has 2 atom stereocenters. The lowest BCUT2D eigenvalue weighted by Gasteiger charge is -2.38. The van der Waals surface area contributed by atoms with Gasteiger partial charge in [0.25, 0.3) is 5.91 Å². The maximum atomic E-state index is 12.7. The third-order valence-electron chi connectivity index (χ3n) is 3.48. The Labute approximate surface area is 113 Å². The molecule has 1 fully saturated rings. The van der Waals surface area contributed by atoms with E-state index in [9.17, 15) is 18.0 Å². The van der Waals surface area contributed by atoms with Gasteiger partial charge in [0.15, 0.2) is 5.69 Å². The average Bonchev–Trinajstić information content (AvgIpc) is 2.73. The average molecular weight is 291 g/mol. The molecule has 2 rings (SSSR count). The number of aromatic nitrogens is 3. The number of nitrogens with zero attached hydrogens (tertiary/aromatic N) is 3. The number of hydrogen-bond donors (Lipinski definition) is 2. The molecule has 2 N–H and O–H groups in total. The lowest BCUT2D eigenvalue weighted by atomic mass is 9.98. The van der Waals surface area contributed by atoms with Crippen LogP contribution < -0.4 is 5.32 Å². The number of piperidine rings is 1. The van der Waals surface area contributed by atoms with Crippen molar-refractivity contribution >= 4 is 5.91 Å². The number of nitrogens with one attached hydrogen (secondary N) is 2. The minimum atomic E-state index is -4.23. The highest BCUT2D eigenvalue weighted by atomic mass is 19.4. The summed E-state index contributed by atoms with van der Waals surface area (Å²) < 4.78 is 38.1. The normalized spacial score (nSPS) is 24.6. The zero-order chi connectivity index (χ0) is 14.9. The van der Waals surface area contributed by atoms with Crippen LogP contribution in [-0.2, 0) is 0 Å². The van der Waals surface area contributed by atoms with Gasteiger partial charge in [-0.15, -0.1) is 0 Å². The molecule has 0 aromatic carbocycles. The van der Waals surface area contributed by atoms with Gasteiger partial charge in [0.05, 0.1) is 5.69 Å². The number of likely N-dealkylation sites (tertiary alicyclic amines) is 1. The largest absolute Gasteiger partial charge is 0.404 e. The van der Waals surface area contributed by atoms with Crippen LogP contribution in [0, 0.1) is 6.92 Å². The molecule has 0 bridgehead atoms. The van der Waals surface area contributed by atoms with E-state index in [1.165, 1.54) is 11.9 Å². The third kappa shape index (κ3) is 3.09. The lowest BCUT2D eigenvalue weighted by Crippen LogP contribution is -2.54. The van der Waals surface area contributed by atoms with Crippen LogP contribution in [0.5, 0.6) is 0 Å². The third-order valence-corrected chi connectivity index (χ3v) is 3.48. The summed E-state index contributed by atoms with van der Waals surface area (Å²) in [6, 6.07) is -1.76. The van der Waals surface area contributed by atoms with Crippen molar-refractivity contribution in [1.82, 2.24) is 25.6 Å². The van der Waals surface area contributed by atoms with E-state index in [0.717, 1.165) is 0 Å². The molecule has 1 amide bonds. The second-order valence-corrected chi connectivity index (χ2v) is 5.00. The summed E-state index contributed by atoms with van der Waals surface area (Å²) in [5.74, 6) is -0.417. The minimum Gasteiger partial charge on any atom is -0.347 e. The molecule has 20 heavy (non-hydrogen) atoms. The molecule has 1 aromatic rings. The fraction of sp³-hybridized carbons (Fsp3) is 0.727. The molecule has 6 nitrogen and oxygen atoms in total.